The van der Waals surface area contributed by atoms with E-state index in [1.165, 1.54) is 0 Å². The molecule has 10 nitrogen and oxygen atoms in total. The number of imidazole rings is 2. The number of likely N-dealkylation sites (tertiary alicyclic amines) is 2. The van der Waals surface area contributed by atoms with E-state index in [-0.39, 0.29) is 30.0 Å². The summed E-state index contributed by atoms with van der Waals surface area (Å²) in [6, 6.07) is 27.6. The lowest BCUT2D eigenvalue weighted by Gasteiger charge is -2.37. The molecule has 1 aliphatic carbocycles. The molecule has 3 atom stereocenters. The van der Waals surface area contributed by atoms with Gasteiger partial charge in [-0.2, -0.15) is 0 Å². The van der Waals surface area contributed by atoms with Gasteiger partial charge < -0.3 is 24.7 Å². The third-order valence-corrected chi connectivity index (χ3v) is 13.5. The zero-order valence-corrected chi connectivity index (χ0v) is 35.4. The zero-order chi connectivity index (χ0) is 40.9. The smallest absolute Gasteiger partial charge is 0.245 e. The summed E-state index contributed by atoms with van der Waals surface area (Å²) in [7, 11) is 0. The van der Waals surface area contributed by atoms with Crippen LogP contribution >= 0.6 is 0 Å². The van der Waals surface area contributed by atoms with Gasteiger partial charge in [0.2, 0.25) is 11.8 Å². The topological polar surface area (TPSA) is 104 Å². The molecular formula is C49H62N8O2. The fourth-order valence-corrected chi connectivity index (χ4v) is 10.2. The van der Waals surface area contributed by atoms with Crippen LogP contribution in [0.4, 0.5) is 0 Å². The third-order valence-electron chi connectivity index (χ3n) is 13.5. The SMILES string of the molecule is CCN(CC)C1CCC(C(=O)N2CCC[C@H]2c2ncc(-c3ccc(-c4ccc(-c5cnc(C6CCCN6C(=O)[C@@H](c6ccccc6)N(CC)CC)[nH]5)cc4)cc3)[nH]2)CC1. The second-order valence-corrected chi connectivity index (χ2v) is 16.7. The number of carbonyl (C=O) groups excluding carboxylic acids is 2. The zero-order valence-electron chi connectivity index (χ0n) is 35.4. The molecule has 2 N–H and O–H groups in total. The predicted octanol–water partition coefficient (Wildman–Crippen LogP) is 9.44. The first-order chi connectivity index (χ1) is 28.9. The molecule has 310 valence electrons. The largest absolute Gasteiger partial charge is 0.340 e. The van der Waals surface area contributed by atoms with Gasteiger partial charge in [-0.1, -0.05) is 107 Å². The number of nitrogens with one attached hydrogen (secondary N) is 2. The van der Waals surface area contributed by atoms with E-state index in [0.29, 0.717) is 11.9 Å². The Bertz CT molecular complexity index is 2130. The minimum absolute atomic E-state index is 0.0182. The molecule has 3 aliphatic rings. The van der Waals surface area contributed by atoms with Crippen LogP contribution in [-0.2, 0) is 9.59 Å². The minimum Gasteiger partial charge on any atom is -0.340 e. The van der Waals surface area contributed by atoms with E-state index in [4.69, 9.17) is 9.97 Å². The van der Waals surface area contributed by atoms with Gasteiger partial charge in [-0.25, -0.2) is 9.97 Å². The summed E-state index contributed by atoms with van der Waals surface area (Å²) in [6.07, 6.45) is 11.8. The van der Waals surface area contributed by atoms with Crippen LogP contribution in [0, 0.1) is 5.92 Å². The molecule has 2 aliphatic heterocycles. The van der Waals surface area contributed by atoms with E-state index in [9.17, 15) is 9.59 Å². The molecule has 4 heterocycles. The molecule has 5 aromatic rings. The van der Waals surface area contributed by atoms with Crippen LogP contribution in [0.1, 0.15) is 114 Å². The lowest BCUT2D eigenvalue weighted by Crippen LogP contribution is -2.43. The molecule has 0 radical (unpaired) electrons. The van der Waals surface area contributed by atoms with E-state index in [1.54, 1.807) is 0 Å². The van der Waals surface area contributed by atoms with Crippen LogP contribution in [0.3, 0.4) is 0 Å². The number of likely N-dealkylation sites (N-methyl/N-ethyl adjacent to an activating group) is 1. The summed E-state index contributed by atoms with van der Waals surface area (Å²) in [5, 5.41) is 0. The Labute approximate surface area is 350 Å². The average Bonchev–Trinajstić information content (AvgIpc) is 4.14. The van der Waals surface area contributed by atoms with Gasteiger partial charge in [-0.15, -0.1) is 0 Å². The van der Waals surface area contributed by atoms with Crippen molar-refractivity contribution in [3.63, 3.8) is 0 Å². The molecule has 0 spiro atoms. The van der Waals surface area contributed by atoms with Gasteiger partial charge in [0, 0.05) is 25.0 Å². The van der Waals surface area contributed by atoms with Crippen LogP contribution in [0.25, 0.3) is 33.6 Å². The molecule has 2 saturated heterocycles. The Hall–Kier alpha value is -5.06. The number of hydrogen-bond acceptors (Lipinski definition) is 6. The van der Waals surface area contributed by atoms with Crippen molar-refractivity contribution in [2.24, 2.45) is 5.92 Å². The summed E-state index contributed by atoms with van der Waals surface area (Å²) >= 11 is 0. The molecule has 10 heteroatoms. The first kappa shape index (κ1) is 40.7. The van der Waals surface area contributed by atoms with Gasteiger partial charge in [0.25, 0.3) is 0 Å². The summed E-state index contributed by atoms with van der Waals surface area (Å²) in [5.41, 5.74) is 7.36. The Morgan fingerprint density at radius 2 is 1.12 bits per heavy atom. The highest BCUT2D eigenvalue weighted by Crippen LogP contribution is 2.38. The maximum absolute atomic E-state index is 14.2. The quantitative estimate of drug-likeness (QED) is 0.116. The number of benzene rings is 3. The Balaban J connectivity index is 0.900. The lowest BCUT2D eigenvalue weighted by atomic mass is 9.84. The standard InChI is InChI=1S/C49H62N8O2/c1-5-54(6-2)40-28-26-39(27-29-40)48(58)56-30-12-16-43(56)46-50-32-41(52-46)36-22-18-34(19-23-36)35-20-24-37(25-21-35)42-33-51-47(53-42)44-17-13-31-57(44)49(59)45(55(7-3)8-4)38-14-10-9-11-15-38/h9-11,14-15,18-25,32-33,39-40,43-45H,5-8,12-13,16-17,26-31H2,1-4H3,(H,50,52)(H,51,53)/t39?,40?,43-,44?,45+/m0/s1. The van der Waals surface area contributed by atoms with Crippen molar-refractivity contribution in [2.45, 2.75) is 103 Å². The van der Waals surface area contributed by atoms with Crippen LogP contribution in [-0.4, -0.2) is 96.7 Å². The van der Waals surface area contributed by atoms with Crippen molar-refractivity contribution in [3.05, 3.63) is 108 Å². The molecule has 59 heavy (non-hydrogen) atoms. The number of amides is 2. The highest BCUT2D eigenvalue weighted by molar-refractivity contribution is 5.84. The monoisotopic (exact) mass is 794 g/mol. The van der Waals surface area contributed by atoms with Crippen LogP contribution < -0.4 is 0 Å². The number of carbonyl (C=O) groups is 2. The fourth-order valence-electron chi connectivity index (χ4n) is 10.2. The summed E-state index contributed by atoms with van der Waals surface area (Å²) in [4.78, 5) is 53.8. The van der Waals surface area contributed by atoms with Crippen molar-refractivity contribution in [1.82, 2.24) is 39.5 Å². The van der Waals surface area contributed by atoms with Crippen molar-refractivity contribution < 1.29 is 9.59 Å². The average molecular weight is 795 g/mol. The molecule has 8 rings (SSSR count). The lowest BCUT2D eigenvalue weighted by molar-refractivity contribution is -0.139. The Morgan fingerprint density at radius 3 is 1.63 bits per heavy atom. The molecule has 2 amide bonds. The maximum atomic E-state index is 14.2. The maximum Gasteiger partial charge on any atom is 0.245 e. The number of aromatic nitrogens is 4. The predicted molar refractivity (Wildman–Crippen MR) is 235 cm³/mol. The molecule has 1 unspecified atom stereocenters. The van der Waals surface area contributed by atoms with E-state index in [1.807, 2.05) is 35.5 Å². The second-order valence-electron chi connectivity index (χ2n) is 16.7. The second kappa shape index (κ2) is 18.5. The molecule has 0 bridgehead atoms. The number of aromatic amines is 2. The number of nitrogens with zero attached hydrogens (tertiary/aromatic N) is 6. The van der Waals surface area contributed by atoms with Gasteiger partial charge in [0.1, 0.15) is 17.7 Å². The van der Waals surface area contributed by atoms with Crippen molar-refractivity contribution in [1.29, 1.82) is 0 Å². The van der Waals surface area contributed by atoms with E-state index in [0.717, 1.165) is 141 Å². The highest BCUT2D eigenvalue weighted by atomic mass is 16.2. The van der Waals surface area contributed by atoms with Crippen LogP contribution in [0.5, 0.6) is 0 Å². The molecular weight excluding hydrogens is 733 g/mol. The third kappa shape index (κ3) is 8.53. The van der Waals surface area contributed by atoms with E-state index in [2.05, 4.69) is 113 Å². The van der Waals surface area contributed by atoms with E-state index >= 15 is 0 Å². The summed E-state index contributed by atoms with van der Waals surface area (Å²) in [6.45, 7) is 14.0. The van der Waals surface area contributed by atoms with Crippen molar-refractivity contribution in [3.8, 4) is 33.6 Å². The number of hydrogen-bond donors (Lipinski definition) is 2. The fraction of sp³-hybridized carbons (Fsp3) is 0.469. The van der Waals surface area contributed by atoms with Gasteiger partial charge in [0.05, 0.1) is 35.9 Å². The summed E-state index contributed by atoms with van der Waals surface area (Å²) < 4.78 is 0. The molecule has 1 saturated carbocycles. The van der Waals surface area contributed by atoms with Crippen LogP contribution in [0.2, 0.25) is 0 Å². The summed E-state index contributed by atoms with van der Waals surface area (Å²) in [5.74, 6) is 2.34. The molecule has 3 fully saturated rings. The highest BCUT2D eigenvalue weighted by Gasteiger charge is 2.39. The molecule has 2 aromatic heterocycles. The van der Waals surface area contributed by atoms with Crippen LogP contribution in [0.15, 0.2) is 91.3 Å². The Kier molecular flexibility index (Phi) is 12.7. The van der Waals surface area contributed by atoms with Gasteiger partial charge >= 0.3 is 0 Å². The normalized spacial score (nSPS) is 21.5. The Morgan fingerprint density at radius 1 is 0.627 bits per heavy atom. The first-order valence-corrected chi connectivity index (χ1v) is 22.4. The van der Waals surface area contributed by atoms with Gasteiger partial charge in [-0.05, 0) is 105 Å². The van der Waals surface area contributed by atoms with Gasteiger partial charge in [-0.3, -0.25) is 14.5 Å². The molecule has 3 aromatic carbocycles. The van der Waals surface area contributed by atoms with Crippen molar-refractivity contribution >= 4 is 11.8 Å². The minimum atomic E-state index is -0.308. The number of H-pyrrole nitrogens is 2. The van der Waals surface area contributed by atoms with Crippen molar-refractivity contribution in [2.75, 3.05) is 39.3 Å². The first-order valence-electron chi connectivity index (χ1n) is 22.4. The van der Waals surface area contributed by atoms with Gasteiger partial charge in [0.15, 0.2) is 0 Å². The number of rotatable bonds is 14. The van der Waals surface area contributed by atoms with E-state index < -0.39 is 0 Å².